The van der Waals surface area contributed by atoms with E-state index in [9.17, 15) is 4.79 Å². The highest BCUT2D eigenvalue weighted by Crippen LogP contribution is 2.24. The van der Waals surface area contributed by atoms with Crippen LogP contribution in [0.15, 0.2) is 48.5 Å². The Morgan fingerprint density at radius 2 is 1.71 bits per heavy atom. The summed E-state index contributed by atoms with van der Waals surface area (Å²) in [4.78, 5) is 17.0. The molecule has 3 rings (SSSR count). The Kier molecular flexibility index (Phi) is 3.13. The maximum atomic E-state index is 12.4. The second kappa shape index (κ2) is 4.85. The molecule has 0 saturated heterocycles. The average molecular weight is 279 g/mol. The SMILES string of the molecule is CC(C)(C)OC(=O)c1cccc2nc3ccccc3cc12. The zero-order chi connectivity index (χ0) is 15.0. The Bertz CT molecular complexity index is 831. The summed E-state index contributed by atoms with van der Waals surface area (Å²) in [5.41, 5.74) is 1.77. The Hall–Kier alpha value is -2.42. The van der Waals surface area contributed by atoms with Gasteiger partial charge >= 0.3 is 5.97 Å². The van der Waals surface area contributed by atoms with Gasteiger partial charge in [0.1, 0.15) is 5.60 Å². The molecule has 2 aromatic carbocycles. The number of fused-ring (bicyclic) bond motifs is 2. The molecule has 0 aliphatic rings. The molecule has 3 heteroatoms. The van der Waals surface area contributed by atoms with E-state index < -0.39 is 5.60 Å². The third-order valence-electron chi connectivity index (χ3n) is 3.18. The summed E-state index contributed by atoms with van der Waals surface area (Å²) < 4.78 is 5.48. The summed E-state index contributed by atoms with van der Waals surface area (Å²) in [6, 6.07) is 15.4. The lowest BCUT2D eigenvalue weighted by molar-refractivity contribution is 0.00719. The summed E-state index contributed by atoms with van der Waals surface area (Å²) >= 11 is 0. The molecule has 0 spiro atoms. The standard InChI is InChI=1S/C18H17NO2/c1-18(2,3)21-17(20)13-8-6-10-16-14(13)11-12-7-4-5-9-15(12)19-16/h4-11H,1-3H3. The maximum Gasteiger partial charge on any atom is 0.339 e. The summed E-state index contributed by atoms with van der Waals surface area (Å²) in [5.74, 6) is -0.315. The second-order valence-corrected chi connectivity index (χ2v) is 6.06. The number of nitrogens with zero attached hydrogens (tertiary/aromatic N) is 1. The topological polar surface area (TPSA) is 39.2 Å². The van der Waals surface area contributed by atoms with E-state index >= 15 is 0 Å². The number of rotatable bonds is 1. The number of aromatic nitrogens is 1. The molecule has 1 aromatic heterocycles. The first-order valence-corrected chi connectivity index (χ1v) is 6.96. The number of carbonyl (C=O) groups is 1. The smallest absolute Gasteiger partial charge is 0.339 e. The zero-order valence-electron chi connectivity index (χ0n) is 12.4. The molecule has 0 aliphatic heterocycles. The summed E-state index contributed by atoms with van der Waals surface area (Å²) in [5, 5.41) is 1.84. The van der Waals surface area contributed by atoms with Crippen molar-refractivity contribution >= 4 is 27.8 Å². The van der Waals surface area contributed by atoms with Crippen molar-refractivity contribution in [1.82, 2.24) is 4.98 Å². The Morgan fingerprint density at radius 3 is 2.48 bits per heavy atom. The number of hydrogen-bond donors (Lipinski definition) is 0. The fraction of sp³-hybridized carbons (Fsp3) is 0.222. The van der Waals surface area contributed by atoms with Gasteiger partial charge in [-0.2, -0.15) is 0 Å². The number of hydrogen-bond acceptors (Lipinski definition) is 3. The van der Waals surface area contributed by atoms with E-state index in [0.29, 0.717) is 5.56 Å². The zero-order valence-corrected chi connectivity index (χ0v) is 12.4. The van der Waals surface area contributed by atoms with Crippen LogP contribution < -0.4 is 0 Å². The van der Waals surface area contributed by atoms with Gasteiger partial charge in [-0.25, -0.2) is 9.78 Å². The molecule has 0 fully saturated rings. The monoisotopic (exact) mass is 279 g/mol. The molecule has 0 radical (unpaired) electrons. The number of esters is 1. The number of benzene rings is 2. The molecule has 0 N–H and O–H groups in total. The number of para-hydroxylation sites is 1. The summed E-state index contributed by atoms with van der Waals surface area (Å²) in [6.07, 6.45) is 0. The maximum absolute atomic E-state index is 12.4. The molecule has 106 valence electrons. The fourth-order valence-electron chi connectivity index (χ4n) is 2.31. The van der Waals surface area contributed by atoms with Crippen molar-refractivity contribution in [2.75, 3.05) is 0 Å². The molecule has 21 heavy (non-hydrogen) atoms. The number of pyridine rings is 1. The van der Waals surface area contributed by atoms with Crippen molar-refractivity contribution in [3.05, 3.63) is 54.1 Å². The van der Waals surface area contributed by atoms with Gasteiger partial charge in [0.2, 0.25) is 0 Å². The van der Waals surface area contributed by atoms with Crippen LogP contribution in [-0.2, 0) is 4.74 Å². The van der Waals surface area contributed by atoms with Gasteiger partial charge in [-0.3, -0.25) is 0 Å². The molecule has 0 atom stereocenters. The highest BCUT2D eigenvalue weighted by Gasteiger charge is 2.19. The van der Waals surface area contributed by atoms with Gasteiger partial charge in [-0.15, -0.1) is 0 Å². The van der Waals surface area contributed by atoms with Crippen LogP contribution in [0.4, 0.5) is 0 Å². The largest absolute Gasteiger partial charge is 0.456 e. The van der Waals surface area contributed by atoms with Crippen molar-refractivity contribution in [3.63, 3.8) is 0 Å². The molecule has 0 amide bonds. The van der Waals surface area contributed by atoms with Crippen LogP contribution in [0, 0.1) is 0 Å². The van der Waals surface area contributed by atoms with Crippen LogP contribution in [0.2, 0.25) is 0 Å². The quantitative estimate of drug-likeness (QED) is 0.491. The van der Waals surface area contributed by atoms with Crippen molar-refractivity contribution in [2.45, 2.75) is 26.4 Å². The van der Waals surface area contributed by atoms with Gasteiger partial charge in [0.25, 0.3) is 0 Å². The highest BCUT2D eigenvalue weighted by molar-refractivity contribution is 6.06. The van der Waals surface area contributed by atoms with Crippen molar-refractivity contribution in [3.8, 4) is 0 Å². The lowest BCUT2D eigenvalue weighted by Crippen LogP contribution is -2.24. The van der Waals surface area contributed by atoms with Gasteiger partial charge in [0, 0.05) is 10.8 Å². The van der Waals surface area contributed by atoms with E-state index in [1.165, 1.54) is 0 Å². The van der Waals surface area contributed by atoms with Crippen LogP contribution >= 0.6 is 0 Å². The third-order valence-corrected chi connectivity index (χ3v) is 3.18. The Labute approximate surface area is 123 Å². The van der Waals surface area contributed by atoms with Crippen molar-refractivity contribution in [2.24, 2.45) is 0 Å². The minimum Gasteiger partial charge on any atom is -0.456 e. The lowest BCUT2D eigenvalue weighted by atomic mass is 10.1. The van der Waals surface area contributed by atoms with Gasteiger partial charge in [-0.1, -0.05) is 24.3 Å². The first kappa shape index (κ1) is 13.6. The molecule has 1 heterocycles. The third kappa shape index (κ3) is 2.72. The molecule has 3 aromatic rings. The van der Waals surface area contributed by atoms with Crippen LogP contribution in [0.25, 0.3) is 21.8 Å². The normalized spacial score (nSPS) is 11.8. The molecule has 3 nitrogen and oxygen atoms in total. The summed E-state index contributed by atoms with van der Waals surface area (Å²) in [6.45, 7) is 5.59. The minimum absolute atomic E-state index is 0.315. The van der Waals surface area contributed by atoms with Gasteiger partial charge in [0.15, 0.2) is 0 Å². The Balaban J connectivity index is 2.19. The molecule has 0 saturated carbocycles. The van der Waals surface area contributed by atoms with Crippen molar-refractivity contribution < 1.29 is 9.53 Å². The van der Waals surface area contributed by atoms with Gasteiger partial charge in [-0.05, 0) is 45.0 Å². The molecular weight excluding hydrogens is 262 g/mol. The Morgan fingerprint density at radius 1 is 1.00 bits per heavy atom. The van der Waals surface area contributed by atoms with Crippen LogP contribution in [-0.4, -0.2) is 16.6 Å². The van der Waals surface area contributed by atoms with E-state index in [2.05, 4.69) is 4.98 Å². The number of ether oxygens (including phenoxy) is 1. The number of carbonyl (C=O) groups excluding carboxylic acids is 1. The summed E-state index contributed by atoms with van der Waals surface area (Å²) in [7, 11) is 0. The van der Waals surface area contributed by atoms with Crippen molar-refractivity contribution in [1.29, 1.82) is 0 Å². The minimum atomic E-state index is -0.510. The van der Waals surface area contributed by atoms with E-state index in [-0.39, 0.29) is 5.97 Å². The highest BCUT2D eigenvalue weighted by atomic mass is 16.6. The molecular formula is C18H17NO2. The first-order chi connectivity index (χ1) is 9.94. The van der Waals surface area contributed by atoms with Gasteiger partial charge < -0.3 is 4.74 Å². The second-order valence-electron chi connectivity index (χ2n) is 6.06. The van der Waals surface area contributed by atoms with E-state index in [1.807, 2.05) is 63.2 Å². The van der Waals surface area contributed by atoms with E-state index in [0.717, 1.165) is 21.8 Å². The van der Waals surface area contributed by atoms with Crippen LogP contribution in [0.5, 0.6) is 0 Å². The molecule has 0 bridgehead atoms. The van der Waals surface area contributed by atoms with E-state index in [4.69, 9.17) is 4.74 Å². The fourth-order valence-corrected chi connectivity index (χ4v) is 2.31. The molecule has 0 unspecified atom stereocenters. The van der Waals surface area contributed by atoms with Crippen LogP contribution in [0.3, 0.4) is 0 Å². The average Bonchev–Trinajstić information content (AvgIpc) is 2.42. The van der Waals surface area contributed by atoms with E-state index in [1.54, 1.807) is 6.07 Å². The molecule has 0 aliphatic carbocycles. The predicted molar refractivity (Wildman–Crippen MR) is 84.4 cm³/mol. The first-order valence-electron chi connectivity index (χ1n) is 6.96. The predicted octanol–water partition coefficient (Wildman–Crippen LogP) is 4.34. The van der Waals surface area contributed by atoms with Crippen LogP contribution in [0.1, 0.15) is 31.1 Å². The van der Waals surface area contributed by atoms with Gasteiger partial charge in [0.05, 0.1) is 16.6 Å². The lowest BCUT2D eigenvalue weighted by Gasteiger charge is -2.20.